The van der Waals surface area contributed by atoms with Crippen LogP contribution in [0.1, 0.15) is 17.0 Å². The van der Waals surface area contributed by atoms with Crippen molar-refractivity contribution in [2.45, 2.75) is 19.2 Å². The molecule has 0 bridgehead atoms. The Hall–Kier alpha value is -2.58. The van der Waals surface area contributed by atoms with E-state index in [1.165, 1.54) is 24.3 Å². The SMILES string of the molecule is Cc1cccc(-c2noc(CNS(=O)(=O)Cc3ccc(F)cc3)n2)c1. The molecule has 1 N–H and O–H groups in total. The van der Waals surface area contributed by atoms with E-state index in [1.54, 1.807) is 0 Å². The lowest BCUT2D eigenvalue weighted by molar-refractivity contribution is 0.376. The second kappa shape index (κ2) is 7.12. The highest BCUT2D eigenvalue weighted by Crippen LogP contribution is 2.17. The molecule has 0 aliphatic rings. The summed E-state index contributed by atoms with van der Waals surface area (Å²) in [6.07, 6.45) is 0. The van der Waals surface area contributed by atoms with Gasteiger partial charge >= 0.3 is 0 Å². The van der Waals surface area contributed by atoms with E-state index in [4.69, 9.17) is 4.52 Å². The molecule has 8 heteroatoms. The van der Waals surface area contributed by atoms with Gasteiger partial charge in [-0.25, -0.2) is 17.5 Å². The molecule has 2 aromatic carbocycles. The summed E-state index contributed by atoms with van der Waals surface area (Å²) in [5.41, 5.74) is 2.34. The molecule has 0 unspecified atom stereocenters. The second-order valence-corrected chi connectivity index (χ2v) is 7.39. The van der Waals surface area contributed by atoms with Gasteiger partial charge in [-0.2, -0.15) is 4.98 Å². The van der Waals surface area contributed by atoms with Crippen LogP contribution in [0.25, 0.3) is 11.4 Å². The summed E-state index contributed by atoms with van der Waals surface area (Å²) in [6.45, 7) is 1.84. The maximum atomic E-state index is 12.9. The van der Waals surface area contributed by atoms with Gasteiger partial charge in [0, 0.05) is 5.56 Å². The Bertz CT molecular complexity index is 969. The predicted molar refractivity (Wildman–Crippen MR) is 90.3 cm³/mol. The van der Waals surface area contributed by atoms with Crippen LogP contribution in [-0.2, 0) is 22.3 Å². The molecule has 0 aliphatic carbocycles. The third kappa shape index (κ3) is 4.71. The fraction of sp³-hybridized carbons (Fsp3) is 0.176. The first-order valence-corrected chi connectivity index (χ1v) is 9.18. The Kier molecular flexibility index (Phi) is 4.91. The molecule has 0 saturated heterocycles. The Balaban J connectivity index is 1.64. The first-order valence-electron chi connectivity index (χ1n) is 7.53. The van der Waals surface area contributed by atoms with Gasteiger partial charge in [-0.3, -0.25) is 0 Å². The third-order valence-electron chi connectivity index (χ3n) is 3.46. The minimum Gasteiger partial charge on any atom is -0.338 e. The van der Waals surface area contributed by atoms with E-state index in [0.29, 0.717) is 11.4 Å². The van der Waals surface area contributed by atoms with Crippen LogP contribution in [0.4, 0.5) is 4.39 Å². The normalized spacial score (nSPS) is 11.6. The van der Waals surface area contributed by atoms with Crippen LogP contribution in [0.15, 0.2) is 53.1 Å². The molecule has 0 amide bonds. The molecule has 1 heterocycles. The first kappa shape index (κ1) is 17.2. The Morgan fingerprint density at radius 1 is 1.16 bits per heavy atom. The number of rotatable bonds is 6. The minimum absolute atomic E-state index is 0.109. The molecule has 0 radical (unpaired) electrons. The van der Waals surface area contributed by atoms with Gasteiger partial charge in [0.1, 0.15) is 5.82 Å². The van der Waals surface area contributed by atoms with Gasteiger partial charge in [-0.05, 0) is 30.7 Å². The molecule has 0 fully saturated rings. The number of aromatic nitrogens is 2. The molecule has 3 rings (SSSR count). The summed E-state index contributed by atoms with van der Waals surface area (Å²) < 4.78 is 44.5. The summed E-state index contributed by atoms with van der Waals surface area (Å²) in [4.78, 5) is 4.19. The zero-order chi connectivity index (χ0) is 17.9. The number of benzene rings is 2. The molecule has 0 saturated carbocycles. The highest BCUT2D eigenvalue weighted by molar-refractivity contribution is 7.88. The largest absolute Gasteiger partial charge is 0.338 e. The Morgan fingerprint density at radius 2 is 1.92 bits per heavy atom. The van der Waals surface area contributed by atoms with E-state index in [9.17, 15) is 12.8 Å². The van der Waals surface area contributed by atoms with Gasteiger partial charge in [0.05, 0.1) is 12.3 Å². The average molecular weight is 361 g/mol. The summed E-state index contributed by atoms with van der Waals surface area (Å²) in [5, 5.41) is 3.86. The Labute approximate surface area is 144 Å². The number of halogens is 1. The fourth-order valence-electron chi connectivity index (χ4n) is 2.25. The third-order valence-corrected chi connectivity index (χ3v) is 4.76. The summed E-state index contributed by atoms with van der Waals surface area (Å²) >= 11 is 0. The van der Waals surface area contributed by atoms with Crippen LogP contribution in [0.3, 0.4) is 0 Å². The van der Waals surface area contributed by atoms with Crippen molar-refractivity contribution in [3.8, 4) is 11.4 Å². The van der Waals surface area contributed by atoms with Crippen LogP contribution in [0, 0.1) is 12.7 Å². The molecule has 0 spiro atoms. The van der Waals surface area contributed by atoms with Crippen LogP contribution >= 0.6 is 0 Å². The van der Waals surface area contributed by atoms with E-state index in [2.05, 4.69) is 14.9 Å². The van der Waals surface area contributed by atoms with Crippen molar-refractivity contribution in [2.24, 2.45) is 0 Å². The standard InChI is InChI=1S/C17H16FN3O3S/c1-12-3-2-4-14(9-12)17-20-16(24-21-17)10-19-25(22,23)11-13-5-7-15(18)8-6-13/h2-9,19H,10-11H2,1H3. The summed E-state index contributed by atoms with van der Waals surface area (Å²) in [7, 11) is -3.61. The monoisotopic (exact) mass is 361 g/mol. The van der Waals surface area contributed by atoms with Crippen molar-refractivity contribution in [3.05, 3.63) is 71.4 Å². The first-order chi connectivity index (χ1) is 11.9. The molecule has 0 aliphatic heterocycles. The number of aryl methyl sites for hydroxylation is 1. The number of nitrogens with zero attached hydrogens (tertiary/aromatic N) is 2. The minimum atomic E-state index is -3.61. The summed E-state index contributed by atoms with van der Waals surface area (Å²) in [5.74, 6) is -0.106. The Morgan fingerprint density at radius 3 is 2.64 bits per heavy atom. The van der Waals surface area contributed by atoms with Gasteiger partial charge in [-0.15, -0.1) is 0 Å². The van der Waals surface area contributed by atoms with Crippen molar-refractivity contribution in [1.29, 1.82) is 0 Å². The van der Waals surface area contributed by atoms with Crippen LogP contribution in [0.2, 0.25) is 0 Å². The van der Waals surface area contributed by atoms with Crippen molar-refractivity contribution in [2.75, 3.05) is 0 Å². The molecule has 0 atom stereocenters. The van der Waals surface area contributed by atoms with E-state index in [-0.39, 0.29) is 18.2 Å². The maximum absolute atomic E-state index is 12.9. The molecule has 1 aromatic heterocycles. The van der Waals surface area contributed by atoms with Gasteiger partial charge in [0.15, 0.2) is 0 Å². The lowest BCUT2D eigenvalue weighted by Crippen LogP contribution is -2.24. The van der Waals surface area contributed by atoms with E-state index in [1.807, 2.05) is 31.2 Å². The lowest BCUT2D eigenvalue weighted by atomic mass is 10.1. The van der Waals surface area contributed by atoms with E-state index in [0.717, 1.165) is 11.1 Å². The lowest BCUT2D eigenvalue weighted by Gasteiger charge is -2.04. The predicted octanol–water partition coefficient (Wildman–Crippen LogP) is 2.80. The van der Waals surface area contributed by atoms with Crippen molar-refractivity contribution < 1.29 is 17.3 Å². The zero-order valence-electron chi connectivity index (χ0n) is 13.4. The van der Waals surface area contributed by atoms with Crippen LogP contribution < -0.4 is 4.72 Å². The van der Waals surface area contributed by atoms with Crippen molar-refractivity contribution in [1.82, 2.24) is 14.9 Å². The van der Waals surface area contributed by atoms with E-state index >= 15 is 0 Å². The second-order valence-electron chi connectivity index (χ2n) is 5.59. The molecule has 3 aromatic rings. The van der Waals surface area contributed by atoms with Gasteiger partial charge in [0.25, 0.3) is 0 Å². The van der Waals surface area contributed by atoms with Crippen molar-refractivity contribution in [3.63, 3.8) is 0 Å². The van der Waals surface area contributed by atoms with Crippen LogP contribution in [-0.4, -0.2) is 18.6 Å². The molecular weight excluding hydrogens is 345 g/mol. The molecule has 130 valence electrons. The molecular formula is C17H16FN3O3S. The van der Waals surface area contributed by atoms with Crippen LogP contribution in [0.5, 0.6) is 0 Å². The quantitative estimate of drug-likeness (QED) is 0.730. The smallest absolute Gasteiger partial charge is 0.242 e. The molecule has 6 nitrogen and oxygen atoms in total. The topological polar surface area (TPSA) is 85.1 Å². The number of hydrogen-bond acceptors (Lipinski definition) is 5. The van der Waals surface area contributed by atoms with Crippen molar-refractivity contribution >= 4 is 10.0 Å². The number of nitrogens with one attached hydrogen (secondary N) is 1. The highest BCUT2D eigenvalue weighted by atomic mass is 32.2. The molecule has 25 heavy (non-hydrogen) atoms. The average Bonchev–Trinajstić information content (AvgIpc) is 3.04. The zero-order valence-corrected chi connectivity index (χ0v) is 14.3. The van der Waals surface area contributed by atoms with Gasteiger partial charge in [0.2, 0.25) is 21.7 Å². The number of sulfonamides is 1. The number of hydrogen-bond donors (Lipinski definition) is 1. The summed E-state index contributed by atoms with van der Waals surface area (Å²) in [6, 6.07) is 12.9. The van der Waals surface area contributed by atoms with Gasteiger partial charge < -0.3 is 4.52 Å². The fourth-order valence-corrected chi connectivity index (χ4v) is 3.33. The van der Waals surface area contributed by atoms with E-state index < -0.39 is 15.8 Å². The maximum Gasteiger partial charge on any atom is 0.242 e. The highest BCUT2D eigenvalue weighted by Gasteiger charge is 2.15. The van der Waals surface area contributed by atoms with Gasteiger partial charge in [-0.1, -0.05) is 41.1 Å².